The summed E-state index contributed by atoms with van der Waals surface area (Å²) in [5.74, 6) is 0.118. The Morgan fingerprint density at radius 2 is 2.14 bits per heavy atom. The first-order valence-electron chi connectivity index (χ1n) is 8.23. The van der Waals surface area contributed by atoms with Crippen LogP contribution < -0.4 is 10.6 Å². The van der Waals surface area contributed by atoms with E-state index >= 15 is 0 Å². The van der Waals surface area contributed by atoms with Crippen molar-refractivity contribution in [3.63, 3.8) is 0 Å². The molecule has 1 aliphatic rings. The zero-order valence-electron chi connectivity index (χ0n) is 13.4. The van der Waals surface area contributed by atoms with Gasteiger partial charge in [0, 0.05) is 12.6 Å². The number of nitrogens with zero attached hydrogens (tertiary/aromatic N) is 2. The second kappa shape index (κ2) is 9.35. The quantitative estimate of drug-likeness (QED) is 0.557. The van der Waals surface area contributed by atoms with Crippen LogP contribution in [-0.2, 0) is 4.79 Å². The fourth-order valence-corrected chi connectivity index (χ4v) is 4.40. The molecule has 5 nitrogen and oxygen atoms in total. The van der Waals surface area contributed by atoms with Crippen LogP contribution >= 0.6 is 23.1 Å². The zero-order chi connectivity index (χ0) is 15.8. The lowest BCUT2D eigenvalue weighted by molar-refractivity contribution is -0.121. The maximum Gasteiger partial charge on any atom is 0.233 e. The second-order valence-corrected chi connectivity index (χ2v) is 8.32. The van der Waals surface area contributed by atoms with E-state index in [1.165, 1.54) is 42.4 Å². The maximum absolute atomic E-state index is 12.2. The predicted octanol–water partition coefficient (Wildman–Crippen LogP) is 3.68. The molecule has 1 fully saturated rings. The van der Waals surface area contributed by atoms with Crippen LogP contribution in [0.25, 0.3) is 0 Å². The van der Waals surface area contributed by atoms with Gasteiger partial charge in [0.1, 0.15) is 0 Å². The molecule has 124 valence electrons. The maximum atomic E-state index is 12.2. The molecule has 1 amide bonds. The van der Waals surface area contributed by atoms with Gasteiger partial charge in [0.15, 0.2) is 4.34 Å². The molecule has 0 spiro atoms. The normalized spacial score (nSPS) is 17.2. The highest BCUT2D eigenvalue weighted by molar-refractivity contribution is 8.02. The summed E-state index contributed by atoms with van der Waals surface area (Å²) < 4.78 is 0.852. The van der Waals surface area contributed by atoms with Gasteiger partial charge in [-0.15, -0.1) is 10.2 Å². The number of hydrogen-bond acceptors (Lipinski definition) is 6. The molecule has 1 saturated carbocycles. The van der Waals surface area contributed by atoms with Gasteiger partial charge < -0.3 is 10.6 Å². The Balaban J connectivity index is 1.75. The average Bonchev–Trinajstić information content (AvgIpc) is 2.96. The summed E-state index contributed by atoms with van der Waals surface area (Å²) in [4.78, 5) is 12.2. The van der Waals surface area contributed by atoms with E-state index in [1.807, 2.05) is 6.92 Å². The third-order valence-electron chi connectivity index (χ3n) is 3.81. The van der Waals surface area contributed by atoms with Crippen LogP contribution in [0.5, 0.6) is 0 Å². The zero-order valence-corrected chi connectivity index (χ0v) is 15.1. The molecule has 2 rings (SSSR count). The van der Waals surface area contributed by atoms with Crippen LogP contribution in [0.15, 0.2) is 4.34 Å². The highest BCUT2D eigenvalue weighted by atomic mass is 32.2. The lowest BCUT2D eigenvalue weighted by atomic mass is 9.95. The molecular formula is C15H26N4OS2. The minimum Gasteiger partial charge on any atom is -0.360 e. The molecule has 22 heavy (non-hydrogen) atoms. The number of thioether (sulfide) groups is 1. The molecule has 0 radical (unpaired) electrons. The first kappa shape index (κ1) is 17.5. The molecule has 7 heteroatoms. The number of carbonyl (C=O) groups is 1. The van der Waals surface area contributed by atoms with Gasteiger partial charge in [0.25, 0.3) is 0 Å². The molecule has 0 bridgehead atoms. The number of amides is 1. The van der Waals surface area contributed by atoms with E-state index in [-0.39, 0.29) is 11.2 Å². The molecular weight excluding hydrogens is 316 g/mol. The minimum absolute atomic E-state index is 0.118. The molecule has 1 aromatic rings. The monoisotopic (exact) mass is 342 g/mol. The Labute approximate surface area is 141 Å². The van der Waals surface area contributed by atoms with E-state index in [0.717, 1.165) is 41.7 Å². The molecule has 1 heterocycles. The summed E-state index contributed by atoms with van der Waals surface area (Å²) in [6.45, 7) is 5.03. The summed E-state index contributed by atoms with van der Waals surface area (Å²) in [5.41, 5.74) is 0. The van der Waals surface area contributed by atoms with Crippen molar-refractivity contribution in [3.8, 4) is 0 Å². The van der Waals surface area contributed by atoms with Crippen molar-refractivity contribution in [3.05, 3.63) is 0 Å². The predicted molar refractivity (Wildman–Crippen MR) is 93.6 cm³/mol. The summed E-state index contributed by atoms with van der Waals surface area (Å²) in [7, 11) is 0. The van der Waals surface area contributed by atoms with Crippen molar-refractivity contribution in [1.82, 2.24) is 15.5 Å². The summed E-state index contributed by atoms with van der Waals surface area (Å²) in [5, 5.41) is 15.4. The summed E-state index contributed by atoms with van der Waals surface area (Å²) in [6.07, 6.45) is 8.29. The summed E-state index contributed by atoms with van der Waals surface area (Å²) >= 11 is 3.02. The number of anilines is 1. The van der Waals surface area contributed by atoms with Crippen LogP contribution in [0.4, 0.5) is 5.13 Å². The van der Waals surface area contributed by atoms with E-state index < -0.39 is 0 Å². The molecule has 0 aliphatic heterocycles. The van der Waals surface area contributed by atoms with Crippen LogP contribution in [0.3, 0.4) is 0 Å². The van der Waals surface area contributed by atoms with E-state index in [0.29, 0.717) is 6.04 Å². The van der Waals surface area contributed by atoms with E-state index in [4.69, 9.17) is 0 Å². The largest absolute Gasteiger partial charge is 0.360 e. The van der Waals surface area contributed by atoms with Crippen molar-refractivity contribution in [2.24, 2.45) is 0 Å². The molecule has 1 unspecified atom stereocenters. The van der Waals surface area contributed by atoms with Gasteiger partial charge in [0.05, 0.1) is 5.25 Å². The fraction of sp³-hybridized carbons (Fsp3) is 0.800. The topological polar surface area (TPSA) is 66.9 Å². The van der Waals surface area contributed by atoms with Gasteiger partial charge in [-0.3, -0.25) is 4.79 Å². The standard InChI is InChI=1S/C15H26N4OS2/c1-3-4-10-16-14-18-19-15(22-14)21-11(2)13(20)17-12-8-6-5-7-9-12/h11-12H,3-10H2,1-2H3,(H,16,18)(H,17,20). The Morgan fingerprint density at radius 1 is 1.36 bits per heavy atom. The van der Waals surface area contributed by atoms with Gasteiger partial charge in [0.2, 0.25) is 11.0 Å². The number of aromatic nitrogens is 2. The first-order valence-corrected chi connectivity index (χ1v) is 9.93. The van der Waals surface area contributed by atoms with Gasteiger partial charge in [-0.1, -0.05) is 55.7 Å². The molecule has 0 aromatic carbocycles. The van der Waals surface area contributed by atoms with Gasteiger partial charge in [-0.2, -0.15) is 0 Å². The van der Waals surface area contributed by atoms with Gasteiger partial charge >= 0.3 is 0 Å². The molecule has 1 atom stereocenters. The Hall–Kier alpha value is -0.820. The second-order valence-electron chi connectivity index (χ2n) is 5.76. The minimum atomic E-state index is -0.127. The van der Waals surface area contributed by atoms with Crippen molar-refractivity contribution >= 4 is 34.1 Å². The number of carbonyl (C=O) groups excluding carboxylic acids is 1. The van der Waals surface area contributed by atoms with E-state index in [9.17, 15) is 4.79 Å². The van der Waals surface area contributed by atoms with Gasteiger partial charge in [-0.05, 0) is 26.2 Å². The van der Waals surface area contributed by atoms with E-state index in [2.05, 4.69) is 27.8 Å². The van der Waals surface area contributed by atoms with Crippen molar-refractivity contribution in [2.45, 2.75) is 74.4 Å². The number of unbranched alkanes of at least 4 members (excludes halogenated alkanes) is 1. The first-order chi connectivity index (χ1) is 10.7. The molecule has 0 saturated heterocycles. The number of hydrogen-bond donors (Lipinski definition) is 2. The number of nitrogens with one attached hydrogen (secondary N) is 2. The molecule has 1 aromatic heterocycles. The average molecular weight is 343 g/mol. The Kier molecular flexibility index (Phi) is 7.45. The van der Waals surface area contributed by atoms with Crippen LogP contribution in [0, 0.1) is 0 Å². The van der Waals surface area contributed by atoms with Crippen LogP contribution in [-0.4, -0.2) is 33.9 Å². The fourth-order valence-electron chi connectivity index (χ4n) is 2.47. The highest BCUT2D eigenvalue weighted by Gasteiger charge is 2.21. The lowest BCUT2D eigenvalue weighted by Gasteiger charge is -2.24. The van der Waals surface area contributed by atoms with Gasteiger partial charge in [-0.25, -0.2) is 0 Å². The van der Waals surface area contributed by atoms with Crippen molar-refractivity contribution in [2.75, 3.05) is 11.9 Å². The summed E-state index contributed by atoms with van der Waals surface area (Å²) in [6, 6.07) is 0.366. The van der Waals surface area contributed by atoms with Crippen molar-refractivity contribution < 1.29 is 4.79 Å². The third kappa shape index (κ3) is 5.76. The lowest BCUT2D eigenvalue weighted by Crippen LogP contribution is -2.40. The SMILES string of the molecule is CCCCNc1nnc(SC(C)C(=O)NC2CCCCC2)s1. The van der Waals surface area contributed by atoms with E-state index in [1.54, 1.807) is 0 Å². The molecule has 2 N–H and O–H groups in total. The highest BCUT2D eigenvalue weighted by Crippen LogP contribution is 2.29. The van der Waals surface area contributed by atoms with Crippen molar-refractivity contribution in [1.29, 1.82) is 0 Å². The Bertz CT molecular complexity index is 460. The van der Waals surface area contributed by atoms with Crippen LogP contribution in [0.2, 0.25) is 0 Å². The Morgan fingerprint density at radius 3 is 2.86 bits per heavy atom. The smallest absolute Gasteiger partial charge is 0.233 e. The third-order valence-corrected chi connectivity index (χ3v) is 5.88. The molecule has 1 aliphatic carbocycles. The van der Waals surface area contributed by atoms with Crippen LogP contribution in [0.1, 0.15) is 58.8 Å². The number of rotatable bonds is 8.